The van der Waals surface area contributed by atoms with Gasteiger partial charge in [-0.25, -0.2) is 13.2 Å². The molecule has 1 aromatic rings. The molecule has 0 unspecified atom stereocenters. The highest BCUT2D eigenvalue weighted by atomic mass is 32.2. The molecule has 0 spiro atoms. The SMILES string of the molecule is CC[C@H](Cc1ccc(C(=O)OC)cc1)[C@H](NS(=O)(=O)C(F)(F)F)C(=O)OC. The minimum Gasteiger partial charge on any atom is -0.468 e. The Morgan fingerprint density at radius 2 is 1.67 bits per heavy atom. The molecule has 0 aliphatic carbocycles. The molecule has 1 N–H and O–H groups in total. The summed E-state index contributed by atoms with van der Waals surface area (Å²) >= 11 is 0. The Kier molecular flexibility index (Phi) is 7.78. The van der Waals surface area contributed by atoms with Gasteiger partial charge in [0.1, 0.15) is 6.04 Å². The molecule has 0 aromatic heterocycles. The second kappa shape index (κ2) is 9.18. The average molecular weight is 411 g/mol. The number of carbonyl (C=O) groups excluding carboxylic acids is 2. The van der Waals surface area contributed by atoms with Crippen molar-refractivity contribution in [2.24, 2.45) is 5.92 Å². The average Bonchev–Trinajstić information content (AvgIpc) is 2.62. The van der Waals surface area contributed by atoms with E-state index in [1.165, 1.54) is 24.0 Å². The van der Waals surface area contributed by atoms with Gasteiger partial charge in [0.05, 0.1) is 19.8 Å². The molecule has 0 saturated heterocycles. The molecule has 0 radical (unpaired) electrons. The van der Waals surface area contributed by atoms with Gasteiger partial charge in [-0.1, -0.05) is 25.5 Å². The maximum absolute atomic E-state index is 12.7. The number of halogens is 3. The number of rotatable bonds is 8. The van der Waals surface area contributed by atoms with Crippen LogP contribution in [0.3, 0.4) is 0 Å². The smallest absolute Gasteiger partial charge is 0.468 e. The van der Waals surface area contributed by atoms with Crippen LogP contribution in [0.15, 0.2) is 24.3 Å². The van der Waals surface area contributed by atoms with Gasteiger partial charge in [-0.15, -0.1) is 0 Å². The van der Waals surface area contributed by atoms with Gasteiger partial charge < -0.3 is 9.47 Å². The molecule has 0 aliphatic rings. The Bertz CT molecular complexity index is 761. The number of nitrogens with one attached hydrogen (secondary N) is 1. The molecule has 0 saturated carbocycles. The Balaban J connectivity index is 3.08. The molecular weight excluding hydrogens is 391 g/mol. The number of sulfonamides is 1. The van der Waals surface area contributed by atoms with Gasteiger partial charge >= 0.3 is 27.5 Å². The van der Waals surface area contributed by atoms with Crippen LogP contribution >= 0.6 is 0 Å². The van der Waals surface area contributed by atoms with E-state index >= 15 is 0 Å². The molecule has 2 atom stereocenters. The third-order valence-electron chi connectivity index (χ3n) is 3.91. The maximum Gasteiger partial charge on any atom is 0.511 e. The number of hydrogen-bond acceptors (Lipinski definition) is 6. The Hall–Kier alpha value is -2.14. The van der Waals surface area contributed by atoms with Crippen molar-refractivity contribution in [3.63, 3.8) is 0 Å². The first-order chi connectivity index (χ1) is 12.5. The summed E-state index contributed by atoms with van der Waals surface area (Å²) in [4.78, 5) is 23.3. The lowest BCUT2D eigenvalue weighted by Gasteiger charge is -2.25. The second-order valence-electron chi connectivity index (χ2n) is 5.63. The summed E-state index contributed by atoms with van der Waals surface area (Å²) < 4.78 is 71.2. The Labute approximate surface area is 154 Å². The van der Waals surface area contributed by atoms with Gasteiger partial charge in [0, 0.05) is 0 Å². The molecule has 0 bridgehead atoms. The fraction of sp³-hybridized carbons (Fsp3) is 0.500. The third kappa shape index (κ3) is 5.93. The van der Waals surface area contributed by atoms with Gasteiger partial charge in [0.25, 0.3) is 0 Å². The molecular formula is C16H20F3NO6S. The van der Waals surface area contributed by atoms with Crippen LogP contribution < -0.4 is 4.72 Å². The van der Waals surface area contributed by atoms with Crippen LogP contribution in [0.25, 0.3) is 0 Å². The molecule has 1 rings (SSSR count). The minimum atomic E-state index is -5.73. The van der Waals surface area contributed by atoms with Gasteiger partial charge in [0.2, 0.25) is 0 Å². The molecule has 0 fully saturated rings. The number of carbonyl (C=O) groups is 2. The number of methoxy groups -OCH3 is 2. The van der Waals surface area contributed by atoms with Crippen molar-refractivity contribution < 1.29 is 40.7 Å². The first-order valence-electron chi connectivity index (χ1n) is 7.80. The predicted octanol–water partition coefficient (Wildman–Crippen LogP) is 2.02. The Morgan fingerprint density at radius 1 is 1.11 bits per heavy atom. The number of hydrogen-bond donors (Lipinski definition) is 1. The van der Waals surface area contributed by atoms with Crippen molar-refractivity contribution in [2.75, 3.05) is 14.2 Å². The third-order valence-corrected chi connectivity index (χ3v) is 5.08. The quantitative estimate of drug-likeness (QED) is 0.657. The largest absolute Gasteiger partial charge is 0.511 e. The number of ether oxygens (including phenoxy) is 2. The Morgan fingerprint density at radius 3 is 2.07 bits per heavy atom. The van der Waals surface area contributed by atoms with Crippen molar-refractivity contribution in [1.82, 2.24) is 4.72 Å². The van der Waals surface area contributed by atoms with Crippen LogP contribution in [0.5, 0.6) is 0 Å². The summed E-state index contributed by atoms with van der Waals surface area (Å²) in [5.74, 6) is -2.49. The summed E-state index contributed by atoms with van der Waals surface area (Å²) in [6.07, 6.45) is 0.275. The molecule has 7 nitrogen and oxygen atoms in total. The molecule has 0 aliphatic heterocycles. The van der Waals surface area contributed by atoms with E-state index in [0.717, 1.165) is 7.11 Å². The maximum atomic E-state index is 12.7. The first kappa shape index (κ1) is 22.9. The van der Waals surface area contributed by atoms with Gasteiger partial charge in [-0.2, -0.15) is 17.9 Å². The van der Waals surface area contributed by atoms with Gasteiger partial charge in [-0.3, -0.25) is 4.79 Å². The molecule has 0 amide bonds. The number of alkyl halides is 3. The highest BCUT2D eigenvalue weighted by Gasteiger charge is 2.48. The van der Waals surface area contributed by atoms with Gasteiger partial charge in [0.15, 0.2) is 0 Å². The zero-order valence-corrected chi connectivity index (χ0v) is 15.7. The van der Waals surface area contributed by atoms with E-state index in [-0.39, 0.29) is 18.4 Å². The monoisotopic (exact) mass is 411 g/mol. The fourth-order valence-electron chi connectivity index (χ4n) is 2.39. The van der Waals surface area contributed by atoms with Crippen LogP contribution in [0.1, 0.15) is 29.3 Å². The highest BCUT2D eigenvalue weighted by Crippen LogP contribution is 2.25. The summed E-state index contributed by atoms with van der Waals surface area (Å²) in [5, 5.41) is 0. The molecule has 0 heterocycles. The highest BCUT2D eigenvalue weighted by molar-refractivity contribution is 7.90. The van der Waals surface area contributed by atoms with E-state index in [0.29, 0.717) is 5.56 Å². The summed E-state index contributed by atoms with van der Waals surface area (Å²) in [5.41, 5.74) is -4.69. The van der Waals surface area contributed by atoms with Crippen LogP contribution in [-0.2, 0) is 30.7 Å². The van der Waals surface area contributed by atoms with E-state index in [4.69, 9.17) is 0 Å². The standard InChI is InChI=1S/C16H20F3NO6S/c1-4-11(9-10-5-7-12(8-6-10)14(21)25-2)13(15(22)26-3)20-27(23,24)16(17,18)19/h5-8,11,13,20H,4,9H2,1-3H3/t11-,13+/m1/s1. The van der Waals surface area contributed by atoms with Gasteiger partial charge in [-0.05, 0) is 30.0 Å². The molecule has 27 heavy (non-hydrogen) atoms. The van der Waals surface area contributed by atoms with E-state index in [1.54, 1.807) is 19.1 Å². The van der Waals surface area contributed by atoms with Crippen molar-refractivity contribution in [1.29, 1.82) is 0 Å². The van der Waals surface area contributed by atoms with Crippen molar-refractivity contribution in [3.8, 4) is 0 Å². The van der Waals surface area contributed by atoms with E-state index < -0.39 is 39.4 Å². The lowest BCUT2D eigenvalue weighted by Crippen LogP contribution is -2.50. The topological polar surface area (TPSA) is 98.8 Å². The van der Waals surface area contributed by atoms with Crippen LogP contribution in [0.2, 0.25) is 0 Å². The summed E-state index contributed by atoms with van der Waals surface area (Å²) in [6.45, 7) is 1.60. The van der Waals surface area contributed by atoms with Crippen LogP contribution in [0, 0.1) is 5.92 Å². The second-order valence-corrected chi connectivity index (χ2v) is 7.33. The molecule has 1 aromatic carbocycles. The zero-order valence-electron chi connectivity index (χ0n) is 14.9. The predicted molar refractivity (Wildman–Crippen MR) is 89.2 cm³/mol. The van der Waals surface area contributed by atoms with E-state index in [2.05, 4.69) is 9.47 Å². The summed E-state index contributed by atoms with van der Waals surface area (Å²) in [6, 6.07) is 4.29. The van der Waals surface area contributed by atoms with E-state index in [1.807, 2.05) is 0 Å². The minimum absolute atomic E-state index is 0.0814. The fourth-order valence-corrected chi connectivity index (χ4v) is 3.15. The first-order valence-corrected chi connectivity index (χ1v) is 9.28. The lowest BCUT2D eigenvalue weighted by molar-refractivity contribution is -0.144. The van der Waals surface area contributed by atoms with E-state index in [9.17, 15) is 31.2 Å². The lowest BCUT2D eigenvalue weighted by atomic mass is 9.90. The molecule has 11 heteroatoms. The number of benzene rings is 1. The summed E-state index contributed by atoms with van der Waals surface area (Å²) in [7, 11) is -3.56. The normalized spacial score (nSPS) is 14.3. The molecule has 152 valence electrons. The van der Waals surface area contributed by atoms with Crippen molar-refractivity contribution in [3.05, 3.63) is 35.4 Å². The van der Waals surface area contributed by atoms with Crippen molar-refractivity contribution in [2.45, 2.75) is 31.3 Å². The van der Waals surface area contributed by atoms with Crippen LogP contribution in [0.4, 0.5) is 13.2 Å². The zero-order chi connectivity index (χ0) is 20.8. The van der Waals surface area contributed by atoms with Crippen LogP contribution in [-0.4, -0.2) is 46.1 Å². The van der Waals surface area contributed by atoms with Crippen molar-refractivity contribution >= 4 is 22.0 Å². The number of esters is 2.